The number of hydrogen-bond acceptors (Lipinski definition) is 6. The number of furan rings is 1. The molecule has 1 saturated heterocycles. The number of nitrogens with zero attached hydrogens (tertiary/aromatic N) is 3. The Balaban J connectivity index is 1.47. The Labute approximate surface area is 177 Å². The fourth-order valence-electron chi connectivity index (χ4n) is 3.61. The maximum absolute atomic E-state index is 13.0. The molecule has 0 bridgehead atoms. The number of Topliss-reactive ketones (excluding diaryl/α,β-unsaturated/α-hetero) is 1. The van der Waals surface area contributed by atoms with Crippen LogP contribution in [-0.4, -0.2) is 52.3 Å². The van der Waals surface area contributed by atoms with E-state index in [-0.39, 0.29) is 17.9 Å². The van der Waals surface area contributed by atoms with Gasteiger partial charge in [0, 0.05) is 43.6 Å². The van der Waals surface area contributed by atoms with Crippen LogP contribution in [0.5, 0.6) is 0 Å². The molecule has 31 heavy (non-hydrogen) atoms. The van der Waals surface area contributed by atoms with Gasteiger partial charge in [-0.25, -0.2) is 4.79 Å². The molecule has 1 N–H and O–H groups in total. The van der Waals surface area contributed by atoms with E-state index in [0.29, 0.717) is 37.5 Å². The zero-order chi connectivity index (χ0) is 22.0. The summed E-state index contributed by atoms with van der Waals surface area (Å²) in [6.45, 7) is 3.53. The molecule has 1 aromatic carbocycles. The number of carbonyl (C=O) groups is 2. The van der Waals surface area contributed by atoms with E-state index < -0.39 is 17.2 Å². The van der Waals surface area contributed by atoms with Crippen molar-refractivity contribution in [3.8, 4) is 0 Å². The lowest BCUT2D eigenvalue weighted by Crippen LogP contribution is -2.50. The van der Waals surface area contributed by atoms with Gasteiger partial charge in [0.15, 0.2) is 5.78 Å². The third kappa shape index (κ3) is 4.20. The Morgan fingerprint density at radius 1 is 1.03 bits per heavy atom. The van der Waals surface area contributed by atoms with Crippen molar-refractivity contribution >= 4 is 17.4 Å². The number of carbonyl (C=O) groups excluding carboxylic acids is 2. The maximum atomic E-state index is 13.0. The molecule has 3 aromatic rings. The number of aromatic amines is 1. The summed E-state index contributed by atoms with van der Waals surface area (Å²) < 4.78 is 6.16. The first-order chi connectivity index (χ1) is 14.9. The van der Waals surface area contributed by atoms with Crippen molar-refractivity contribution in [3.63, 3.8) is 0 Å². The number of rotatable bonds is 5. The largest absolute Gasteiger partial charge is 0.467 e. The van der Waals surface area contributed by atoms with Crippen molar-refractivity contribution in [3.05, 3.63) is 86.6 Å². The van der Waals surface area contributed by atoms with Gasteiger partial charge in [-0.05, 0) is 43.3 Å². The highest BCUT2D eigenvalue weighted by atomic mass is 16.3. The van der Waals surface area contributed by atoms with Crippen molar-refractivity contribution in [2.75, 3.05) is 31.1 Å². The average Bonchev–Trinajstić information content (AvgIpc) is 3.30. The Morgan fingerprint density at radius 3 is 2.35 bits per heavy atom. The molecule has 3 heterocycles. The molecule has 0 aliphatic carbocycles. The number of nitrogens with one attached hydrogen (secondary N) is 1. The van der Waals surface area contributed by atoms with Gasteiger partial charge < -0.3 is 19.2 Å². The third-order valence-corrected chi connectivity index (χ3v) is 5.39. The summed E-state index contributed by atoms with van der Waals surface area (Å²) in [6.07, 6.45) is 2.63. The summed E-state index contributed by atoms with van der Waals surface area (Å²) in [5.41, 5.74) is 0.304. The average molecular weight is 422 g/mol. The van der Waals surface area contributed by atoms with Gasteiger partial charge in [0.1, 0.15) is 11.3 Å². The molecular formula is C22H22N4O5. The number of benzene rings is 1. The molecule has 0 unspecified atom stereocenters. The van der Waals surface area contributed by atoms with Crippen LogP contribution in [0.25, 0.3) is 0 Å². The van der Waals surface area contributed by atoms with E-state index in [4.69, 9.17) is 4.42 Å². The van der Waals surface area contributed by atoms with Crippen LogP contribution in [0, 0.1) is 0 Å². The number of ketones is 1. The normalized spacial score (nSPS) is 14.0. The van der Waals surface area contributed by atoms with E-state index in [2.05, 4.69) is 9.88 Å². The first kappa shape index (κ1) is 20.4. The quantitative estimate of drug-likeness (QED) is 0.622. The molecule has 0 saturated carbocycles. The van der Waals surface area contributed by atoms with Crippen LogP contribution in [0.2, 0.25) is 0 Å². The molecule has 0 atom stereocenters. The van der Waals surface area contributed by atoms with Crippen LogP contribution in [0.1, 0.15) is 33.4 Å². The van der Waals surface area contributed by atoms with Gasteiger partial charge in [0.2, 0.25) is 0 Å². The van der Waals surface area contributed by atoms with Crippen molar-refractivity contribution < 1.29 is 14.0 Å². The van der Waals surface area contributed by atoms with Crippen LogP contribution < -0.4 is 16.1 Å². The summed E-state index contributed by atoms with van der Waals surface area (Å²) in [4.78, 5) is 55.5. The van der Waals surface area contributed by atoms with Crippen molar-refractivity contribution in [1.82, 2.24) is 14.5 Å². The summed E-state index contributed by atoms with van der Waals surface area (Å²) in [6, 6.07) is 10.7. The highest BCUT2D eigenvalue weighted by Crippen LogP contribution is 2.18. The minimum atomic E-state index is -0.646. The maximum Gasteiger partial charge on any atom is 0.328 e. The zero-order valence-corrected chi connectivity index (χ0v) is 17.0. The molecule has 9 heteroatoms. The first-order valence-corrected chi connectivity index (χ1v) is 9.94. The predicted octanol–water partition coefficient (Wildman–Crippen LogP) is 1.34. The number of hydrogen-bond donors (Lipinski definition) is 1. The van der Waals surface area contributed by atoms with E-state index in [0.717, 1.165) is 10.3 Å². The lowest BCUT2D eigenvalue weighted by Gasteiger charge is -2.36. The second-order valence-corrected chi connectivity index (χ2v) is 7.36. The summed E-state index contributed by atoms with van der Waals surface area (Å²) in [5.74, 6) is 0.0446. The van der Waals surface area contributed by atoms with Crippen LogP contribution >= 0.6 is 0 Å². The van der Waals surface area contributed by atoms with Gasteiger partial charge >= 0.3 is 5.69 Å². The minimum Gasteiger partial charge on any atom is -0.467 e. The molecule has 1 fully saturated rings. The summed E-state index contributed by atoms with van der Waals surface area (Å²) in [7, 11) is 0. The second-order valence-electron chi connectivity index (χ2n) is 7.36. The highest BCUT2D eigenvalue weighted by Gasteiger charge is 2.25. The van der Waals surface area contributed by atoms with E-state index in [1.54, 1.807) is 29.2 Å². The van der Waals surface area contributed by atoms with Crippen molar-refractivity contribution in [1.29, 1.82) is 0 Å². The number of aromatic nitrogens is 2. The Bertz CT molecular complexity index is 1200. The molecular weight excluding hydrogens is 400 g/mol. The molecule has 1 aliphatic heterocycles. The van der Waals surface area contributed by atoms with Gasteiger partial charge in [-0.3, -0.25) is 19.0 Å². The topological polar surface area (TPSA) is 109 Å². The van der Waals surface area contributed by atoms with E-state index in [9.17, 15) is 19.2 Å². The number of anilines is 1. The molecule has 1 aliphatic rings. The van der Waals surface area contributed by atoms with Crippen LogP contribution in [0.15, 0.2) is 62.9 Å². The van der Waals surface area contributed by atoms with E-state index in [1.807, 2.05) is 12.1 Å². The standard InChI is InChI=1S/C22H22N4O5/c1-15(27)16-4-6-17(7-5-16)24-8-10-25(11-9-24)20(28)19-13-23-22(30)26(21(19)29)14-18-3-2-12-31-18/h2-7,12-13H,8-11,14H2,1H3,(H,23,30). The third-order valence-electron chi connectivity index (χ3n) is 5.39. The van der Waals surface area contributed by atoms with Gasteiger partial charge in [-0.2, -0.15) is 0 Å². The van der Waals surface area contributed by atoms with Gasteiger partial charge in [-0.1, -0.05) is 0 Å². The molecule has 2 aromatic heterocycles. The second kappa shape index (κ2) is 8.47. The minimum absolute atomic E-state index is 0.0144. The van der Waals surface area contributed by atoms with Crippen molar-refractivity contribution in [2.24, 2.45) is 0 Å². The van der Waals surface area contributed by atoms with Crippen LogP contribution in [0.3, 0.4) is 0 Å². The lowest BCUT2D eigenvalue weighted by atomic mass is 10.1. The van der Waals surface area contributed by atoms with Gasteiger partial charge in [0.25, 0.3) is 11.5 Å². The molecule has 160 valence electrons. The summed E-state index contributed by atoms with van der Waals surface area (Å²) in [5, 5.41) is 0. The molecule has 4 rings (SSSR count). The van der Waals surface area contributed by atoms with E-state index >= 15 is 0 Å². The summed E-state index contributed by atoms with van der Waals surface area (Å²) >= 11 is 0. The van der Waals surface area contributed by atoms with Gasteiger partial charge in [0.05, 0.1) is 12.8 Å². The number of amides is 1. The Kier molecular flexibility index (Phi) is 5.57. The molecule has 0 radical (unpaired) electrons. The lowest BCUT2D eigenvalue weighted by molar-refractivity contribution is 0.0743. The zero-order valence-electron chi connectivity index (χ0n) is 17.0. The molecule has 0 spiro atoms. The SMILES string of the molecule is CC(=O)c1ccc(N2CCN(C(=O)c3c[nH]c(=O)n(Cc4ccco4)c3=O)CC2)cc1. The van der Waals surface area contributed by atoms with Gasteiger partial charge in [-0.15, -0.1) is 0 Å². The van der Waals surface area contributed by atoms with Crippen LogP contribution in [-0.2, 0) is 6.54 Å². The first-order valence-electron chi connectivity index (χ1n) is 9.94. The monoisotopic (exact) mass is 422 g/mol. The number of H-pyrrole nitrogens is 1. The molecule has 9 nitrogen and oxygen atoms in total. The highest BCUT2D eigenvalue weighted by molar-refractivity contribution is 5.94. The molecule has 1 amide bonds. The van der Waals surface area contributed by atoms with E-state index in [1.165, 1.54) is 19.4 Å². The van der Waals surface area contributed by atoms with Crippen molar-refractivity contribution in [2.45, 2.75) is 13.5 Å². The Hall–Kier alpha value is -3.88. The Morgan fingerprint density at radius 2 is 1.74 bits per heavy atom. The fraction of sp³-hybridized carbons (Fsp3) is 0.273. The number of piperazine rings is 1. The predicted molar refractivity (Wildman–Crippen MR) is 114 cm³/mol. The van der Waals surface area contributed by atoms with Crippen LogP contribution in [0.4, 0.5) is 5.69 Å². The fourth-order valence-corrected chi connectivity index (χ4v) is 3.61. The smallest absolute Gasteiger partial charge is 0.328 e.